The molecule has 1 N–H and O–H groups in total. The number of rotatable bonds is 5. The number of carboxylic acid groups (broad SMARTS) is 1. The molecule has 0 aromatic heterocycles. The second kappa shape index (κ2) is 6.93. The summed E-state index contributed by atoms with van der Waals surface area (Å²) >= 11 is 3.40. The summed E-state index contributed by atoms with van der Waals surface area (Å²) in [6.07, 6.45) is 0.862. The lowest BCUT2D eigenvalue weighted by molar-refractivity contribution is -0.138. The van der Waals surface area contributed by atoms with Crippen LogP contribution in [0.5, 0.6) is 5.75 Å². The number of amides is 1. The van der Waals surface area contributed by atoms with E-state index in [2.05, 4.69) is 15.9 Å². The molecule has 0 radical (unpaired) electrons. The molecule has 1 saturated heterocycles. The van der Waals surface area contributed by atoms with E-state index in [1.54, 1.807) is 4.90 Å². The third-order valence-corrected chi connectivity index (χ3v) is 4.16. The average Bonchev–Trinajstić information content (AvgIpc) is 2.85. The lowest BCUT2D eigenvalue weighted by Crippen LogP contribution is -2.33. The van der Waals surface area contributed by atoms with Gasteiger partial charge in [0.05, 0.1) is 4.47 Å². The lowest BCUT2D eigenvalue weighted by atomic mass is 10.1. The molecule has 0 bridgehead atoms. The first-order valence-corrected chi connectivity index (χ1v) is 7.63. The van der Waals surface area contributed by atoms with Crippen LogP contribution in [0.3, 0.4) is 0 Å². The summed E-state index contributed by atoms with van der Waals surface area (Å²) in [6, 6.07) is 5.67. The van der Waals surface area contributed by atoms with Gasteiger partial charge in [-0.25, -0.2) is 0 Å². The first-order valence-electron chi connectivity index (χ1n) is 6.84. The fourth-order valence-electron chi connectivity index (χ4n) is 2.43. The van der Waals surface area contributed by atoms with Gasteiger partial charge in [-0.05, 0) is 52.9 Å². The SMILES string of the molecule is Cc1ccc(OCC(=O)N2CCC(CC(=O)O)C2)c(Br)c1. The number of ether oxygens (including phenoxy) is 1. The molecule has 1 aromatic rings. The Morgan fingerprint density at radius 2 is 2.24 bits per heavy atom. The summed E-state index contributed by atoms with van der Waals surface area (Å²) in [4.78, 5) is 24.4. The predicted octanol–water partition coefficient (Wildman–Crippen LogP) is 2.46. The molecule has 0 spiro atoms. The van der Waals surface area contributed by atoms with Crippen LogP contribution in [0.2, 0.25) is 0 Å². The lowest BCUT2D eigenvalue weighted by Gasteiger charge is -2.17. The zero-order chi connectivity index (χ0) is 15.4. The molecule has 6 heteroatoms. The first-order chi connectivity index (χ1) is 9.95. The standard InChI is InChI=1S/C15H18BrNO4/c1-10-2-3-13(12(16)6-10)21-9-14(18)17-5-4-11(8-17)7-15(19)20/h2-3,6,11H,4-5,7-9H2,1H3,(H,19,20). The number of benzene rings is 1. The van der Waals surface area contributed by atoms with Gasteiger partial charge in [-0.1, -0.05) is 6.07 Å². The maximum absolute atomic E-state index is 12.1. The zero-order valence-corrected chi connectivity index (χ0v) is 13.4. The number of aryl methyl sites for hydroxylation is 1. The number of halogens is 1. The highest BCUT2D eigenvalue weighted by atomic mass is 79.9. The molecular weight excluding hydrogens is 338 g/mol. The number of hydrogen-bond acceptors (Lipinski definition) is 3. The minimum atomic E-state index is -0.811. The number of carboxylic acids is 1. The average molecular weight is 356 g/mol. The number of hydrogen-bond donors (Lipinski definition) is 1. The van der Waals surface area contributed by atoms with E-state index in [4.69, 9.17) is 9.84 Å². The summed E-state index contributed by atoms with van der Waals surface area (Å²) in [5.41, 5.74) is 1.11. The maximum Gasteiger partial charge on any atom is 0.303 e. The minimum Gasteiger partial charge on any atom is -0.483 e. The Bertz CT molecular complexity index is 546. The largest absolute Gasteiger partial charge is 0.483 e. The third kappa shape index (κ3) is 4.46. The van der Waals surface area contributed by atoms with Gasteiger partial charge in [0, 0.05) is 19.5 Å². The summed E-state index contributed by atoms with van der Waals surface area (Å²) in [5, 5.41) is 8.77. The van der Waals surface area contributed by atoms with E-state index in [0.717, 1.165) is 16.5 Å². The van der Waals surface area contributed by atoms with Crippen molar-refractivity contribution in [1.82, 2.24) is 4.90 Å². The molecule has 1 aliphatic rings. The van der Waals surface area contributed by atoms with E-state index in [0.29, 0.717) is 18.8 Å². The topological polar surface area (TPSA) is 66.8 Å². The molecular formula is C15H18BrNO4. The van der Waals surface area contributed by atoms with Gasteiger partial charge in [0.1, 0.15) is 5.75 Å². The molecule has 2 rings (SSSR count). The van der Waals surface area contributed by atoms with Crippen molar-refractivity contribution in [3.8, 4) is 5.75 Å². The Labute approximate surface area is 132 Å². The van der Waals surface area contributed by atoms with Crippen LogP contribution in [0.15, 0.2) is 22.7 Å². The van der Waals surface area contributed by atoms with Gasteiger partial charge in [-0.3, -0.25) is 9.59 Å². The molecule has 1 aromatic carbocycles. The van der Waals surface area contributed by atoms with Crippen LogP contribution in [0, 0.1) is 12.8 Å². The van der Waals surface area contributed by atoms with Crippen LogP contribution in [-0.2, 0) is 9.59 Å². The van der Waals surface area contributed by atoms with Crippen molar-refractivity contribution in [2.45, 2.75) is 19.8 Å². The van der Waals surface area contributed by atoms with Crippen LogP contribution in [0.1, 0.15) is 18.4 Å². The van der Waals surface area contributed by atoms with Gasteiger partial charge in [0.2, 0.25) is 0 Å². The van der Waals surface area contributed by atoms with E-state index in [1.807, 2.05) is 25.1 Å². The summed E-state index contributed by atoms with van der Waals surface area (Å²) < 4.78 is 6.35. The smallest absolute Gasteiger partial charge is 0.303 e. The van der Waals surface area contributed by atoms with Crippen molar-refractivity contribution in [1.29, 1.82) is 0 Å². The van der Waals surface area contributed by atoms with Crippen molar-refractivity contribution in [2.24, 2.45) is 5.92 Å². The number of nitrogens with zero attached hydrogens (tertiary/aromatic N) is 1. The van der Waals surface area contributed by atoms with Crippen molar-refractivity contribution >= 4 is 27.8 Å². The molecule has 21 heavy (non-hydrogen) atoms. The Hall–Kier alpha value is -1.56. The van der Waals surface area contributed by atoms with Crippen molar-refractivity contribution in [3.05, 3.63) is 28.2 Å². The third-order valence-electron chi connectivity index (χ3n) is 3.54. The summed E-state index contributed by atoms with van der Waals surface area (Å²) in [5.74, 6) is -0.225. The van der Waals surface area contributed by atoms with E-state index in [-0.39, 0.29) is 24.9 Å². The van der Waals surface area contributed by atoms with Crippen molar-refractivity contribution in [3.63, 3.8) is 0 Å². The predicted molar refractivity (Wildman–Crippen MR) is 81.3 cm³/mol. The Balaban J connectivity index is 1.84. The highest BCUT2D eigenvalue weighted by molar-refractivity contribution is 9.10. The fraction of sp³-hybridized carbons (Fsp3) is 0.467. The highest BCUT2D eigenvalue weighted by Crippen LogP contribution is 2.26. The molecule has 5 nitrogen and oxygen atoms in total. The van der Waals surface area contributed by atoms with Gasteiger partial charge >= 0.3 is 5.97 Å². The second-order valence-electron chi connectivity index (χ2n) is 5.31. The van der Waals surface area contributed by atoms with E-state index in [1.165, 1.54) is 0 Å². The summed E-state index contributed by atoms with van der Waals surface area (Å²) in [6.45, 7) is 3.06. The normalized spacial score (nSPS) is 17.8. The Kier molecular flexibility index (Phi) is 5.22. The van der Waals surface area contributed by atoms with Crippen LogP contribution < -0.4 is 4.74 Å². The van der Waals surface area contributed by atoms with Crippen molar-refractivity contribution < 1.29 is 19.4 Å². The quantitative estimate of drug-likeness (QED) is 0.880. The van der Waals surface area contributed by atoms with Crippen LogP contribution in [0.25, 0.3) is 0 Å². The molecule has 0 saturated carbocycles. The highest BCUT2D eigenvalue weighted by Gasteiger charge is 2.27. The second-order valence-corrected chi connectivity index (χ2v) is 6.17. The van der Waals surface area contributed by atoms with Crippen LogP contribution >= 0.6 is 15.9 Å². The number of carbonyl (C=O) groups is 2. The van der Waals surface area contributed by atoms with Gasteiger partial charge in [0.25, 0.3) is 5.91 Å². The number of likely N-dealkylation sites (tertiary alicyclic amines) is 1. The van der Waals surface area contributed by atoms with E-state index < -0.39 is 5.97 Å². The fourth-order valence-corrected chi connectivity index (χ4v) is 3.03. The van der Waals surface area contributed by atoms with Gasteiger partial charge in [-0.15, -0.1) is 0 Å². The number of aliphatic carboxylic acids is 1. The van der Waals surface area contributed by atoms with Crippen molar-refractivity contribution in [2.75, 3.05) is 19.7 Å². The Morgan fingerprint density at radius 1 is 1.48 bits per heavy atom. The molecule has 1 aliphatic heterocycles. The van der Waals surface area contributed by atoms with Crippen LogP contribution in [0.4, 0.5) is 0 Å². The van der Waals surface area contributed by atoms with E-state index >= 15 is 0 Å². The first kappa shape index (κ1) is 15.8. The monoisotopic (exact) mass is 355 g/mol. The zero-order valence-electron chi connectivity index (χ0n) is 11.8. The van der Waals surface area contributed by atoms with Crippen LogP contribution in [-0.4, -0.2) is 41.6 Å². The Morgan fingerprint density at radius 3 is 2.90 bits per heavy atom. The number of carbonyl (C=O) groups excluding carboxylic acids is 1. The molecule has 1 amide bonds. The molecule has 114 valence electrons. The summed E-state index contributed by atoms with van der Waals surface area (Å²) in [7, 11) is 0. The maximum atomic E-state index is 12.1. The van der Waals surface area contributed by atoms with Gasteiger partial charge in [-0.2, -0.15) is 0 Å². The molecule has 1 unspecified atom stereocenters. The molecule has 0 aliphatic carbocycles. The minimum absolute atomic E-state index is 0.0263. The van der Waals surface area contributed by atoms with Gasteiger partial charge < -0.3 is 14.7 Å². The van der Waals surface area contributed by atoms with E-state index in [9.17, 15) is 9.59 Å². The van der Waals surface area contributed by atoms with Gasteiger partial charge in [0.15, 0.2) is 6.61 Å². The molecule has 1 heterocycles. The molecule has 1 fully saturated rings. The molecule has 1 atom stereocenters.